The van der Waals surface area contributed by atoms with Crippen molar-refractivity contribution in [2.45, 2.75) is 52.5 Å². The highest BCUT2D eigenvalue weighted by Gasteiger charge is 2.25. The van der Waals surface area contributed by atoms with Crippen LogP contribution in [0.2, 0.25) is 0 Å². The molecule has 0 bridgehead atoms. The van der Waals surface area contributed by atoms with Gasteiger partial charge in [0.25, 0.3) is 0 Å². The molecule has 0 aromatic heterocycles. The minimum atomic E-state index is -1.72. The Kier molecular flexibility index (Phi) is 8.98. The maximum Gasteiger partial charge on any atom is 0.240 e. The van der Waals surface area contributed by atoms with Crippen molar-refractivity contribution in [2.24, 2.45) is 0 Å². The Balaban J connectivity index is 1.66. The summed E-state index contributed by atoms with van der Waals surface area (Å²) in [6.45, 7) is 5.59. The summed E-state index contributed by atoms with van der Waals surface area (Å²) in [5.74, 6) is -1.74. The van der Waals surface area contributed by atoms with Crippen molar-refractivity contribution < 1.29 is 18.6 Å². The highest BCUT2D eigenvalue weighted by Crippen LogP contribution is 2.23. The van der Waals surface area contributed by atoms with Gasteiger partial charge in [0.1, 0.15) is 18.1 Å². The summed E-state index contributed by atoms with van der Waals surface area (Å²) in [5.41, 5.74) is 4.09. The second-order valence-electron chi connectivity index (χ2n) is 8.96. The number of hydrogen-bond acceptors (Lipinski definition) is 4. The molecular formula is C26H33N3O4S. The van der Waals surface area contributed by atoms with E-state index < -0.39 is 22.6 Å². The molecule has 0 radical (unpaired) electrons. The number of nitrogens with zero attached hydrogens (tertiary/aromatic N) is 1. The zero-order valence-electron chi connectivity index (χ0n) is 20.1. The van der Waals surface area contributed by atoms with E-state index in [1.54, 1.807) is 12.1 Å². The number of aryl methyl sites for hydroxylation is 3. The Bertz CT molecular complexity index is 1060. The van der Waals surface area contributed by atoms with E-state index in [-0.39, 0.29) is 30.0 Å². The molecule has 1 saturated carbocycles. The van der Waals surface area contributed by atoms with E-state index in [1.807, 2.05) is 51.1 Å². The van der Waals surface area contributed by atoms with Crippen LogP contribution in [0, 0.1) is 20.8 Å². The summed E-state index contributed by atoms with van der Waals surface area (Å²) in [6.07, 6.45) is 4.08. The Morgan fingerprint density at radius 3 is 2.24 bits per heavy atom. The minimum Gasteiger partial charge on any atom is -0.352 e. The van der Waals surface area contributed by atoms with Crippen LogP contribution in [0.25, 0.3) is 0 Å². The topological polar surface area (TPSA) is 95.6 Å². The number of hydrogen-bond donors (Lipinski definition) is 2. The molecule has 0 aliphatic heterocycles. The SMILES string of the molecule is Cc1ccc(NC(=O)C[S@@](=O)CC(=O)N(CC(=O)NC2CCCC2)c2cc(C)ccc2C)cc1. The number of anilines is 2. The molecule has 8 heteroatoms. The van der Waals surface area contributed by atoms with Gasteiger partial charge in [0, 0.05) is 28.2 Å². The van der Waals surface area contributed by atoms with Crippen LogP contribution in [-0.2, 0) is 25.2 Å². The van der Waals surface area contributed by atoms with Gasteiger partial charge in [-0.2, -0.15) is 0 Å². The molecule has 2 N–H and O–H groups in total. The standard InChI is InChI=1S/C26H33N3O4S/c1-18-9-12-22(13-10-18)28-25(31)16-34(33)17-26(32)29(23-14-19(2)8-11-20(23)3)15-24(30)27-21-6-4-5-7-21/h8-14,21H,4-7,15-17H2,1-3H3,(H,27,30)(H,28,31)/t34-/m1/s1. The fourth-order valence-electron chi connectivity index (χ4n) is 4.05. The smallest absolute Gasteiger partial charge is 0.240 e. The van der Waals surface area contributed by atoms with Crippen LogP contribution in [0.3, 0.4) is 0 Å². The van der Waals surface area contributed by atoms with E-state index >= 15 is 0 Å². The molecule has 3 amide bonds. The highest BCUT2D eigenvalue weighted by molar-refractivity contribution is 7.86. The van der Waals surface area contributed by atoms with E-state index in [2.05, 4.69) is 10.6 Å². The maximum atomic E-state index is 13.2. The number of carbonyl (C=O) groups is 3. The lowest BCUT2D eigenvalue weighted by atomic mass is 10.1. The number of carbonyl (C=O) groups excluding carboxylic acids is 3. The molecule has 3 rings (SSSR count). The lowest BCUT2D eigenvalue weighted by Gasteiger charge is -2.25. The summed E-state index contributed by atoms with van der Waals surface area (Å²) in [4.78, 5) is 39.6. The van der Waals surface area contributed by atoms with Gasteiger partial charge >= 0.3 is 0 Å². The molecule has 1 aliphatic rings. The molecule has 0 saturated heterocycles. The molecule has 0 spiro atoms. The Hall–Kier alpha value is -3.00. The van der Waals surface area contributed by atoms with Gasteiger partial charge in [-0.25, -0.2) is 0 Å². The van der Waals surface area contributed by atoms with Crippen LogP contribution in [0.15, 0.2) is 42.5 Å². The van der Waals surface area contributed by atoms with E-state index in [0.29, 0.717) is 11.4 Å². The fraction of sp³-hybridized carbons (Fsp3) is 0.423. The third kappa shape index (κ3) is 7.52. The zero-order valence-corrected chi connectivity index (χ0v) is 20.9. The van der Waals surface area contributed by atoms with E-state index in [4.69, 9.17) is 0 Å². The van der Waals surface area contributed by atoms with Gasteiger partial charge in [-0.3, -0.25) is 18.6 Å². The van der Waals surface area contributed by atoms with Crippen LogP contribution >= 0.6 is 0 Å². The first kappa shape index (κ1) is 25.6. The lowest BCUT2D eigenvalue weighted by Crippen LogP contribution is -2.45. The van der Waals surface area contributed by atoms with Gasteiger partial charge in [-0.15, -0.1) is 0 Å². The summed E-state index contributed by atoms with van der Waals surface area (Å²) in [5, 5.41) is 5.71. The van der Waals surface area contributed by atoms with Gasteiger partial charge in [0.2, 0.25) is 17.7 Å². The Morgan fingerprint density at radius 2 is 1.56 bits per heavy atom. The van der Waals surface area contributed by atoms with Gasteiger partial charge in [0.05, 0.1) is 0 Å². The van der Waals surface area contributed by atoms with E-state index in [0.717, 1.165) is 42.4 Å². The molecule has 182 valence electrons. The highest BCUT2D eigenvalue weighted by atomic mass is 32.2. The van der Waals surface area contributed by atoms with Crippen LogP contribution in [-0.4, -0.2) is 46.0 Å². The van der Waals surface area contributed by atoms with Crippen LogP contribution < -0.4 is 15.5 Å². The van der Waals surface area contributed by atoms with Crippen LogP contribution in [0.5, 0.6) is 0 Å². The number of benzene rings is 2. The molecule has 0 unspecified atom stereocenters. The molecular weight excluding hydrogens is 450 g/mol. The lowest BCUT2D eigenvalue weighted by molar-refractivity contribution is -0.123. The second kappa shape index (κ2) is 11.9. The van der Waals surface area contributed by atoms with Crippen molar-refractivity contribution in [3.05, 3.63) is 59.2 Å². The van der Waals surface area contributed by atoms with Crippen molar-refractivity contribution in [1.82, 2.24) is 5.32 Å². The van der Waals surface area contributed by atoms with Crippen molar-refractivity contribution in [3.8, 4) is 0 Å². The van der Waals surface area contributed by atoms with Crippen LogP contribution in [0.4, 0.5) is 11.4 Å². The number of nitrogens with one attached hydrogen (secondary N) is 2. The van der Waals surface area contributed by atoms with E-state index in [9.17, 15) is 18.6 Å². The first-order chi connectivity index (χ1) is 16.2. The predicted octanol–water partition coefficient (Wildman–Crippen LogP) is 3.39. The summed E-state index contributed by atoms with van der Waals surface area (Å²) in [7, 11) is -1.72. The summed E-state index contributed by atoms with van der Waals surface area (Å²) in [6, 6.07) is 13.1. The predicted molar refractivity (Wildman–Crippen MR) is 136 cm³/mol. The van der Waals surface area contributed by atoms with E-state index in [1.165, 1.54) is 4.90 Å². The average Bonchev–Trinajstić information content (AvgIpc) is 3.28. The van der Waals surface area contributed by atoms with Crippen molar-refractivity contribution in [3.63, 3.8) is 0 Å². The third-order valence-corrected chi connectivity index (χ3v) is 7.04. The average molecular weight is 484 g/mol. The monoisotopic (exact) mass is 483 g/mol. The molecule has 1 fully saturated rings. The first-order valence-electron chi connectivity index (χ1n) is 11.6. The van der Waals surface area contributed by atoms with Gasteiger partial charge in [-0.1, -0.05) is 42.7 Å². The molecule has 1 atom stereocenters. The number of rotatable bonds is 9. The summed E-state index contributed by atoms with van der Waals surface area (Å²) < 4.78 is 12.7. The molecule has 0 heterocycles. The van der Waals surface area contributed by atoms with Gasteiger partial charge < -0.3 is 15.5 Å². The fourth-order valence-corrected chi connectivity index (χ4v) is 4.95. The maximum absolute atomic E-state index is 13.2. The Labute approximate surface area is 203 Å². The minimum absolute atomic E-state index is 0.141. The Morgan fingerprint density at radius 1 is 0.912 bits per heavy atom. The van der Waals surface area contributed by atoms with Crippen molar-refractivity contribution >= 4 is 39.9 Å². The van der Waals surface area contributed by atoms with Crippen molar-refractivity contribution in [2.75, 3.05) is 28.3 Å². The van der Waals surface area contributed by atoms with Crippen molar-refractivity contribution in [1.29, 1.82) is 0 Å². The molecule has 34 heavy (non-hydrogen) atoms. The van der Waals surface area contributed by atoms with Crippen LogP contribution in [0.1, 0.15) is 42.4 Å². The quantitative estimate of drug-likeness (QED) is 0.572. The molecule has 2 aromatic rings. The summed E-state index contributed by atoms with van der Waals surface area (Å²) >= 11 is 0. The van der Waals surface area contributed by atoms with Gasteiger partial charge in [0.15, 0.2) is 0 Å². The third-order valence-electron chi connectivity index (χ3n) is 5.89. The second-order valence-corrected chi connectivity index (χ2v) is 10.4. The molecule has 7 nitrogen and oxygen atoms in total. The number of amides is 3. The van der Waals surface area contributed by atoms with Gasteiger partial charge in [-0.05, 0) is 62.9 Å². The zero-order chi connectivity index (χ0) is 24.7. The largest absolute Gasteiger partial charge is 0.352 e. The first-order valence-corrected chi connectivity index (χ1v) is 13.1. The normalized spacial score (nSPS) is 14.4. The molecule has 2 aromatic carbocycles. The molecule has 1 aliphatic carbocycles.